The fourth-order valence-corrected chi connectivity index (χ4v) is 1.66. The normalized spacial score (nSPS) is 10.4. The Balaban J connectivity index is 2.55. The van der Waals surface area contributed by atoms with Crippen LogP contribution in [-0.4, -0.2) is 16.5 Å². The molecule has 1 aromatic carbocycles. The van der Waals surface area contributed by atoms with Gasteiger partial charge in [0.25, 0.3) is 0 Å². The predicted octanol–water partition coefficient (Wildman–Crippen LogP) is 2.11. The quantitative estimate of drug-likeness (QED) is 0.654. The second-order valence-electron chi connectivity index (χ2n) is 3.69. The Morgan fingerprint density at radius 3 is 2.89 bits per heavy atom. The third kappa shape index (κ3) is 2.55. The molecule has 0 bridgehead atoms. The summed E-state index contributed by atoms with van der Waals surface area (Å²) in [5, 5.41) is 11.0. The molecule has 7 heteroatoms. The van der Waals surface area contributed by atoms with Crippen molar-refractivity contribution in [2.75, 3.05) is 6.61 Å². The van der Waals surface area contributed by atoms with Crippen LogP contribution in [0.3, 0.4) is 0 Å². The Hall–Kier alpha value is -2.41. The van der Waals surface area contributed by atoms with E-state index in [0.717, 1.165) is 0 Å². The third-order valence-electron chi connectivity index (χ3n) is 2.47. The maximum Gasteiger partial charge on any atom is 0.311 e. The highest BCUT2D eigenvalue weighted by Crippen LogP contribution is 2.37. The lowest BCUT2D eigenvalue weighted by Crippen LogP contribution is -2.00. The summed E-state index contributed by atoms with van der Waals surface area (Å²) in [5.41, 5.74) is 6.35. The van der Waals surface area contributed by atoms with Crippen molar-refractivity contribution < 1.29 is 14.1 Å². The van der Waals surface area contributed by atoms with Crippen LogP contribution in [0.2, 0.25) is 0 Å². The maximum atomic E-state index is 11.0. The summed E-state index contributed by atoms with van der Waals surface area (Å²) in [6.45, 7) is 2.30. The zero-order valence-electron chi connectivity index (χ0n) is 10.3. The Labute approximate surface area is 109 Å². The second kappa shape index (κ2) is 5.49. The SMILES string of the molecule is CCOc1c(-c2nc(CN)co2)cccc1[N+](=O)[O-]. The van der Waals surface area contributed by atoms with Crippen LogP contribution >= 0.6 is 0 Å². The summed E-state index contributed by atoms with van der Waals surface area (Å²) in [6.07, 6.45) is 1.42. The van der Waals surface area contributed by atoms with Crippen LogP contribution in [0.1, 0.15) is 12.6 Å². The van der Waals surface area contributed by atoms with E-state index in [9.17, 15) is 10.1 Å². The van der Waals surface area contributed by atoms with Gasteiger partial charge < -0.3 is 14.9 Å². The van der Waals surface area contributed by atoms with E-state index in [0.29, 0.717) is 17.9 Å². The first-order valence-electron chi connectivity index (χ1n) is 5.72. The Morgan fingerprint density at radius 2 is 2.32 bits per heavy atom. The van der Waals surface area contributed by atoms with Crippen LogP contribution < -0.4 is 10.5 Å². The van der Waals surface area contributed by atoms with Gasteiger partial charge in [-0.05, 0) is 13.0 Å². The van der Waals surface area contributed by atoms with Crippen LogP contribution in [0.5, 0.6) is 5.75 Å². The fraction of sp³-hybridized carbons (Fsp3) is 0.250. The highest BCUT2D eigenvalue weighted by atomic mass is 16.6. The summed E-state index contributed by atoms with van der Waals surface area (Å²) in [7, 11) is 0. The zero-order chi connectivity index (χ0) is 13.8. The largest absolute Gasteiger partial charge is 0.487 e. The number of nitro benzene ring substituents is 1. The van der Waals surface area contributed by atoms with E-state index in [-0.39, 0.29) is 23.9 Å². The van der Waals surface area contributed by atoms with Gasteiger partial charge in [0.2, 0.25) is 11.6 Å². The molecule has 19 heavy (non-hydrogen) atoms. The van der Waals surface area contributed by atoms with E-state index in [4.69, 9.17) is 14.9 Å². The van der Waals surface area contributed by atoms with Gasteiger partial charge in [-0.15, -0.1) is 0 Å². The molecule has 0 radical (unpaired) electrons. The van der Waals surface area contributed by atoms with Gasteiger partial charge in [0, 0.05) is 12.6 Å². The van der Waals surface area contributed by atoms with E-state index >= 15 is 0 Å². The van der Waals surface area contributed by atoms with Gasteiger partial charge in [0.15, 0.2) is 0 Å². The first-order valence-corrected chi connectivity index (χ1v) is 5.72. The van der Waals surface area contributed by atoms with Crippen molar-refractivity contribution in [3.8, 4) is 17.2 Å². The number of benzene rings is 1. The molecule has 2 rings (SSSR count). The van der Waals surface area contributed by atoms with E-state index < -0.39 is 4.92 Å². The number of ether oxygens (including phenoxy) is 1. The van der Waals surface area contributed by atoms with Gasteiger partial charge in [-0.2, -0.15) is 0 Å². The van der Waals surface area contributed by atoms with Crippen LogP contribution in [0.25, 0.3) is 11.5 Å². The molecule has 0 unspecified atom stereocenters. The highest BCUT2D eigenvalue weighted by Gasteiger charge is 2.22. The number of hydrogen-bond donors (Lipinski definition) is 1. The van der Waals surface area contributed by atoms with Crippen LogP contribution in [0.4, 0.5) is 5.69 Å². The second-order valence-corrected chi connectivity index (χ2v) is 3.69. The van der Waals surface area contributed by atoms with Crippen LogP contribution in [-0.2, 0) is 6.54 Å². The van der Waals surface area contributed by atoms with Crippen molar-refractivity contribution in [1.29, 1.82) is 0 Å². The lowest BCUT2D eigenvalue weighted by atomic mass is 10.1. The molecular weight excluding hydrogens is 250 g/mol. The number of aromatic nitrogens is 1. The van der Waals surface area contributed by atoms with Crippen molar-refractivity contribution in [1.82, 2.24) is 4.98 Å². The average Bonchev–Trinajstić information content (AvgIpc) is 2.87. The van der Waals surface area contributed by atoms with E-state index in [1.54, 1.807) is 19.1 Å². The van der Waals surface area contributed by atoms with Gasteiger partial charge in [0.1, 0.15) is 6.26 Å². The Bertz CT molecular complexity index is 594. The summed E-state index contributed by atoms with van der Waals surface area (Å²) in [6, 6.07) is 4.59. The minimum absolute atomic E-state index is 0.119. The molecule has 1 aromatic heterocycles. The van der Waals surface area contributed by atoms with Gasteiger partial charge in [-0.1, -0.05) is 6.07 Å². The monoisotopic (exact) mass is 263 g/mol. The maximum absolute atomic E-state index is 11.0. The molecule has 0 fully saturated rings. The Kier molecular flexibility index (Phi) is 3.76. The number of para-hydroxylation sites is 1. The molecule has 0 saturated heterocycles. The molecule has 0 amide bonds. The molecule has 0 aliphatic heterocycles. The number of hydrogen-bond acceptors (Lipinski definition) is 6. The van der Waals surface area contributed by atoms with E-state index in [2.05, 4.69) is 4.98 Å². The molecule has 0 saturated carbocycles. The summed E-state index contributed by atoms with van der Waals surface area (Å²) in [5.74, 6) is 0.410. The molecule has 2 N–H and O–H groups in total. The topological polar surface area (TPSA) is 104 Å². The third-order valence-corrected chi connectivity index (χ3v) is 2.47. The lowest BCUT2D eigenvalue weighted by molar-refractivity contribution is -0.385. The molecule has 2 aromatic rings. The van der Waals surface area contributed by atoms with Crippen LogP contribution in [0, 0.1) is 10.1 Å². The lowest BCUT2D eigenvalue weighted by Gasteiger charge is -2.07. The molecule has 1 heterocycles. The minimum atomic E-state index is -0.499. The van der Waals surface area contributed by atoms with E-state index in [1.807, 2.05) is 0 Å². The molecule has 100 valence electrons. The predicted molar refractivity (Wildman–Crippen MR) is 67.7 cm³/mol. The summed E-state index contributed by atoms with van der Waals surface area (Å²) < 4.78 is 10.6. The van der Waals surface area contributed by atoms with Crippen molar-refractivity contribution in [3.05, 3.63) is 40.3 Å². The van der Waals surface area contributed by atoms with Gasteiger partial charge >= 0.3 is 5.69 Å². The smallest absolute Gasteiger partial charge is 0.311 e. The number of rotatable bonds is 5. The van der Waals surface area contributed by atoms with Gasteiger partial charge in [0.05, 0.1) is 22.8 Å². The van der Waals surface area contributed by atoms with Crippen LogP contribution in [0.15, 0.2) is 28.9 Å². The number of nitrogens with zero attached hydrogens (tertiary/aromatic N) is 2. The van der Waals surface area contributed by atoms with Gasteiger partial charge in [-0.25, -0.2) is 4.98 Å². The van der Waals surface area contributed by atoms with Crippen molar-refractivity contribution in [2.24, 2.45) is 5.73 Å². The van der Waals surface area contributed by atoms with Gasteiger partial charge in [-0.3, -0.25) is 10.1 Å². The molecular formula is C12H13N3O4. The average molecular weight is 263 g/mol. The highest BCUT2D eigenvalue weighted by molar-refractivity contribution is 5.70. The van der Waals surface area contributed by atoms with Crippen molar-refractivity contribution >= 4 is 5.69 Å². The Morgan fingerprint density at radius 1 is 1.53 bits per heavy atom. The number of oxazole rings is 1. The number of nitro groups is 1. The summed E-state index contributed by atoms with van der Waals surface area (Å²) in [4.78, 5) is 14.6. The van der Waals surface area contributed by atoms with Crippen molar-refractivity contribution in [3.63, 3.8) is 0 Å². The van der Waals surface area contributed by atoms with Crippen molar-refractivity contribution in [2.45, 2.75) is 13.5 Å². The standard InChI is InChI=1S/C12H13N3O4/c1-2-18-11-9(4-3-5-10(11)15(16)17)12-14-8(6-13)7-19-12/h3-5,7H,2,6,13H2,1H3. The molecule has 0 aliphatic carbocycles. The minimum Gasteiger partial charge on any atom is -0.487 e. The molecule has 0 atom stereocenters. The van der Waals surface area contributed by atoms with E-state index in [1.165, 1.54) is 12.3 Å². The summed E-state index contributed by atoms with van der Waals surface area (Å²) >= 11 is 0. The number of nitrogens with two attached hydrogens (primary N) is 1. The first kappa shape index (κ1) is 13.0. The first-order chi connectivity index (χ1) is 9.17. The molecule has 0 spiro atoms. The molecule has 0 aliphatic rings. The molecule has 7 nitrogen and oxygen atoms in total. The fourth-order valence-electron chi connectivity index (χ4n) is 1.66. The zero-order valence-corrected chi connectivity index (χ0v) is 10.3.